The van der Waals surface area contributed by atoms with Gasteiger partial charge in [-0.25, -0.2) is 4.98 Å². The molecule has 0 unspecified atom stereocenters. The van der Waals surface area contributed by atoms with Gasteiger partial charge in [0.25, 0.3) is 0 Å². The van der Waals surface area contributed by atoms with Crippen LogP contribution in [0.4, 0.5) is 0 Å². The van der Waals surface area contributed by atoms with Gasteiger partial charge in [-0.05, 0) is 43.7 Å². The van der Waals surface area contributed by atoms with Crippen molar-refractivity contribution in [2.24, 2.45) is 12.8 Å². The predicted molar refractivity (Wildman–Crippen MR) is 103 cm³/mol. The average Bonchev–Trinajstić information content (AvgIpc) is 2.98. The van der Waals surface area contributed by atoms with Crippen LogP contribution >= 0.6 is 0 Å². The van der Waals surface area contributed by atoms with Crippen LogP contribution < -0.4 is 11.2 Å². The molecule has 26 heavy (non-hydrogen) atoms. The molecule has 4 rings (SSSR count). The van der Waals surface area contributed by atoms with Gasteiger partial charge in [-0.3, -0.25) is 9.48 Å². The van der Waals surface area contributed by atoms with Crippen LogP contribution in [0.15, 0.2) is 46.3 Å². The molecular weight excluding hydrogens is 328 g/mol. The highest BCUT2D eigenvalue weighted by atomic mass is 16.3. The Balaban J connectivity index is 2.07. The highest BCUT2D eigenvalue weighted by Crippen LogP contribution is 2.29. The Labute approximate surface area is 149 Å². The second kappa shape index (κ2) is 5.56. The number of aryl methyl sites for hydroxylation is 2. The molecule has 3 aromatic heterocycles. The number of rotatable bonds is 2. The molecule has 3 heterocycles. The second-order valence-corrected chi connectivity index (χ2v) is 6.47. The summed E-state index contributed by atoms with van der Waals surface area (Å²) in [5.41, 5.74) is 10.9. The fourth-order valence-electron chi connectivity index (χ4n) is 3.18. The minimum Gasteiger partial charge on any atom is -0.453 e. The van der Waals surface area contributed by atoms with Crippen molar-refractivity contribution in [3.8, 4) is 11.5 Å². The molecule has 1 aromatic carbocycles. The van der Waals surface area contributed by atoms with E-state index in [1.165, 1.54) is 0 Å². The lowest BCUT2D eigenvalue weighted by atomic mass is 10.0. The van der Waals surface area contributed by atoms with Crippen molar-refractivity contribution in [3.05, 3.63) is 64.0 Å². The van der Waals surface area contributed by atoms with E-state index in [4.69, 9.17) is 10.2 Å². The van der Waals surface area contributed by atoms with Crippen LogP contribution in [-0.4, -0.2) is 14.8 Å². The van der Waals surface area contributed by atoms with E-state index >= 15 is 0 Å². The third-order valence-corrected chi connectivity index (χ3v) is 4.55. The SMILES string of the molecule is C=C(N)c1cc(C)cc2c(=O)c(C)c(-c3ccc4c(cnn4C)n3)oc12. The van der Waals surface area contributed by atoms with E-state index in [-0.39, 0.29) is 5.43 Å². The summed E-state index contributed by atoms with van der Waals surface area (Å²) in [5.74, 6) is 0.430. The Morgan fingerprint density at radius 2 is 2.04 bits per heavy atom. The Morgan fingerprint density at radius 1 is 1.27 bits per heavy atom. The molecule has 0 spiro atoms. The number of nitrogens with two attached hydrogens (primary N) is 1. The summed E-state index contributed by atoms with van der Waals surface area (Å²) in [6.45, 7) is 7.46. The van der Waals surface area contributed by atoms with E-state index in [9.17, 15) is 4.79 Å². The first kappa shape index (κ1) is 16.1. The van der Waals surface area contributed by atoms with Crippen molar-refractivity contribution >= 4 is 27.7 Å². The van der Waals surface area contributed by atoms with Crippen LogP contribution in [0.1, 0.15) is 16.7 Å². The molecule has 0 bridgehead atoms. The zero-order chi connectivity index (χ0) is 18.6. The van der Waals surface area contributed by atoms with Gasteiger partial charge in [-0.2, -0.15) is 5.10 Å². The molecule has 0 fully saturated rings. The number of benzene rings is 1. The molecule has 0 saturated carbocycles. The highest BCUT2D eigenvalue weighted by molar-refractivity contribution is 5.90. The lowest BCUT2D eigenvalue weighted by Crippen LogP contribution is -2.10. The van der Waals surface area contributed by atoms with Gasteiger partial charge in [0.1, 0.15) is 16.8 Å². The number of fused-ring (bicyclic) bond motifs is 2. The Hall–Kier alpha value is -3.41. The molecule has 130 valence electrons. The monoisotopic (exact) mass is 346 g/mol. The smallest absolute Gasteiger partial charge is 0.196 e. The van der Waals surface area contributed by atoms with Crippen LogP contribution in [0, 0.1) is 13.8 Å². The topological polar surface area (TPSA) is 86.9 Å². The Morgan fingerprint density at radius 3 is 2.77 bits per heavy atom. The maximum Gasteiger partial charge on any atom is 0.196 e. The molecule has 0 aliphatic heterocycles. The molecule has 6 nitrogen and oxygen atoms in total. The number of hydrogen-bond acceptors (Lipinski definition) is 5. The van der Waals surface area contributed by atoms with Gasteiger partial charge in [-0.1, -0.05) is 6.58 Å². The van der Waals surface area contributed by atoms with E-state index < -0.39 is 0 Å². The van der Waals surface area contributed by atoms with Crippen LogP contribution in [-0.2, 0) is 7.05 Å². The average molecular weight is 346 g/mol. The third kappa shape index (κ3) is 2.30. The summed E-state index contributed by atoms with van der Waals surface area (Å²) in [4.78, 5) is 17.5. The lowest BCUT2D eigenvalue weighted by Gasteiger charge is -2.11. The molecule has 4 aromatic rings. The summed E-state index contributed by atoms with van der Waals surface area (Å²) < 4.78 is 7.88. The maximum absolute atomic E-state index is 12.9. The van der Waals surface area contributed by atoms with Gasteiger partial charge >= 0.3 is 0 Å². The van der Waals surface area contributed by atoms with Crippen molar-refractivity contribution in [1.82, 2.24) is 14.8 Å². The van der Waals surface area contributed by atoms with Crippen LogP contribution in [0.2, 0.25) is 0 Å². The molecule has 0 aliphatic carbocycles. The number of pyridine rings is 1. The van der Waals surface area contributed by atoms with Crippen molar-refractivity contribution in [1.29, 1.82) is 0 Å². The van der Waals surface area contributed by atoms with Crippen LogP contribution in [0.5, 0.6) is 0 Å². The van der Waals surface area contributed by atoms with Gasteiger partial charge in [-0.15, -0.1) is 0 Å². The first-order valence-corrected chi connectivity index (χ1v) is 8.18. The van der Waals surface area contributed by atoms with E-state index in [2.05, 4.69) is 16.7 Å². The molecule has 0 aliphatic rings. The standard InChI is InChI=1S/C20H18N4O2/c1-10-7-13(12(3)21)20-14(8-10)18(25)11(2)19(26-20)15-5-6-17-16(23-15)9-22-24(17)4/h5-9H,3,21H2,1-2,4H3. The first-order chi connectivity index (χ1) is 12.4. The highest BCUT2D eigenvalue weighted by Gasteiger charge is 2.17. The minimum absolute atomic E-state index is 0.0967. The third-order valence-electron chi connectivity index (χ3n) is 4.55. The van der Waals surface area contributed by atoms with E-state index in [1.54, 1.807) is 17.8 Å². The van der Waals surface area contributed by atoms with Gasteiger partial charge in [0, 0.05) is 23.9 Å². The fourth-order valence-corrected chi connectivity index (χ4v) is 3.18. The second-order valence-electron chi connectivity index (χ2n) is 6.47. The molecule has 0 radical (unpaired) electrons. The van der Waals surface area contributed by atoms with Crippen LogP contribution in [0.3, 0.4) is 0 Å². The van der Waals surface area contributed by atoms with Gasteiger partial charge in [0.15, 0.2) is 11.2 Å². The number of nitrogens with zero attached hydrogens (tertiary/aromatic N) is 3. The van der Waals surface area contributed by atoms with Crippen molar-refractivity contribution in [2.75, 3.05) is 0 Å². The summed E-state index contributed by atoms with van der Waals surface area (Å²) in [7, 11) is 1.85. The van der Waals surface area contributed by atoms with E-state index in [0.717, 1.165) is 16.6 Å². The lowest BCUT2D eigenvalue weighted by molar-refractivity contribution is 0.610. The quantitative estimate of drug-likeness (QED) is 0.602. The van der Waals surface area contributed by atoms with Crippen LogP contribution in [0.25, 0.3) is 39.2 Å². The summed E-state index contributed by atoms with van der Waals surface area (Å²) in [6, 6.07) is 7.41. The summed E-state index contributed by atoms with van der Waals surface area (Å²) in [5, 5.41) is 4.70. The van der Waals surface area contributed by atoms with Crippen molar-refractivity contribution < 1.29 is 4.42 Å². The zero-order valence-corrected chi connectivity index (χ0v) is 14.8. The van der Waals surface area contributed by atoms with Gasteiger partial charge in [0.2, 0.25) is 0 Å². The Kier molecular flexibility index (Phi) is 3.44. The largest absolute Gasteiger partial charge is 0.453 e. The molecule has 0 atom stereocenters. The predicted octanol–water partition coefficient (Wildman–Crippen LogP) is 3.29. The normalized spacial score (nSPS) is 11.3. The van der Waals surface area contributed by atoms with Gasteiger partial charge < -0.3 is 10.2 Å². The molecule has 2 N–H and O–H groups in total. The molecule has 0 amide bonds. The molecular formula is C20H18N4O2. The fraction of sp³-hybridized carbons (Fsp3) is 0.150. The van der Waals surface area contributed by atoms with Crippen molar-refractivity contribution in [2.45, 2.75) is 13.8 Å². The maximum atomic E-state index is 12.9. The number of aromatic nitrogens is 3. The molecule has 0 saturated heterocycles. The molecule has 6 heteroatoms. The minimum atomic E-state index is -0.0967. The zero-order valence-electron chi connectivity index (χ0n) is 14.8. The van der Waals surface area contributed by atoms with Gasteiger partial charge in [0.05, 0.1) is 17.1 Å². The first-order valence-electron chi connectivity index (χ1n) is 8.18. The Bertz CT molecular complexity index is 1260. The van der Waals surface area contributed by atoms with Crippen molar-refractivity contribution in [3.63, 3.8) is 0 Å². The van der Waals surface area contributed by atoms with E-state index in [1.807, 2.05) is 38.2 Å². The summed E-state index contributed by atoms with van der Waals surface area (Å²) >= 11 is 0. The van der Waals surface area contributed by atoms with E-state index in [0.29, 0.717) is 39.2 Å². The number of hydrogen-bond donors (Lipinski definition) is 1. The summed E-state index contributed by atoms with van der Waals surface area (Å²) in [6.07, 6.45) is 1.68.